The maximum atomic E-state index is 4.94. The third-order valence-corrected chi connectivity index (χ3v) is 1.77. The van der Waals surface area contributed by atoms with Gasteiger partial charge < -0.3 is 4.74 Å². The zero-order chi connectivity index (χ0) is 11.4. The molecule has 0 amide bonds. The van der Waals surface area contributed by atoms with E-state index in [1.165, 1.54) is 18.4 Å². The second kappa shape index (κ2) is 11.8. The molecule has 0 bridgehead atoms. The molecule has 0 N–H and O–H groups in total. The Morgan fingerprint density at radius 1 is 1.07 bits per heavy atom. The summed E-state index contributed by atoms with van der Waals surface area (Å²) in [5.41, 5.74) is 1.32. The van der Waals surface area contributed by atoms with Crippen molar-refractivity contribution in [1.82, 2.24) is 0 Å². The molecule has 0 saturated carbocycles. The monoisotopic (exact) mass is 248 g/mol. The van der Waals surface area contributed by atoms with Gasteiger partial charge in [-0.05, 0) is 19.8 Å². The number of hydrogen-bond acceptors (Lipinski definition) is 1. The molecule has 0 radical (unpaired) electrons. The van der Waals surface area contributed by atoms with Crippen molar-refractivity contribution in [3.8, 4) is 0 Å². The molecule has 2 rings (SSSR count). The van der Waals surface area contributed by atoms with Crippen LogP contribution in [0.15, 0.2) is 30.3 Å². The normalized spacial score (nSPS) is 13.3. The van der Waals surface area contributed by atoms with Gasteiger partial charge >= 0.3 is 0 Å². The molecule has 1 fully saturated rings. The summed E-state index contributed by atoms with van der Waals surface area (Å²) in [6.07, 6.45) is 2.56. The Bertz CT molecular complexity index is 203. The van der Waals surface area contributed by atoms with Crippen molar-refractivity contribution >= 4 is 23.2 Å². The highest BCUT2D eigenvalue weighted by atomic mass is 35.5. The van der Waals surface area contributed by atoms with E-state index < -0.39 is 0 Å². The Morgan fingerprint density at radius 3 is 1.73 bits per heavy atom. The van der Waals surface area contributed by atoms with Crippen LogP contribution in [0, 0.1) is 6.92 Å². The van der Waals surface area contributed by atoms with E-state index in [1.807, 2.05) is 18.2 Å². The van der Waals surface area contributed by atoms with Crippen LogP contribution >= 0.6 is 23.2 Å². The fraction of sp³-hybridized carbons (Fsp3) is 0.500. The van der Waals surface area contributed by atoms with Crippen LogP contribution in [-0.2, 0) is 4.74 Å². The molecule has 3 heteroatoms. The van der Waals surface area contributed by atoms with Crippen molar-refractivity contribution in [3.05, 3.63) is 35.9 Å². The topological polar surface area (TPSA) is 9.23 Å². The first-order valence-corrected chi connectivity index (χ1v) is 6.09. The van der Waals surface area contributed by atoms with Gasteiger partial charge in [0.25, 0.3) is 0 Å². The van der Waals surface area contributed by atoms with Crippen molar-refractivity contribution in [3.63, 3.8) is 0 Å². The lowest BCUT2D eigenvalue weighted by Crippen LogP contribution is -1.74. The average molecular weight is 249 g/mol. The van der Waals surface area contributed by atoms with Crippen LogP contribution in [-0.4, -0.2) is 18.6 Å². The van der Waals surface area contributed by atoms with Crippen LogP contribution < -0.4 is 0 Å². The highest BCUT2D eigenvalue weighted by Gasteiger charge is 1.94. The summed E-state index contributed by atoms with van der Waals surface area (Å²) < 4.78 is 4.94. The van der Waals surface area contributed by atoms with Gasteiger partial charge in [-0.2, -0.15) is 0 Å². The number of aryl methyl sites for hydroxylation is 1. The molecule has 0 atom stereocenters. The number of benzene rings is 1. The maximum Gasteiger partial charge on any atom is 0.0967 e. The van der Waals surface area contributed by atoms with Gasteiger partial charge in [-0.1, -0.05) is 35.9 Å². The lowest BCUT2D eigenvalue weighted by molar-refractivity contribution is 0.198. The van der Waals surface area contributed by atoms with Gasteiger partial charge in [-0.25, -0.2) is 0 Å². The SMILES string of the molecule is C1CCOC1.Cc1ccccc1.ClCCl. The van der Waals surface area contributed by atoms with Crippen molar-refractivity contribution in [2.24, 2.45) is 0 Å². The van der Waals surface area contributed by atoms with Gasteiger partial charge in [0.2, 0.25) is 0 Å². The largest absolute Gasteiger partial charge is 0.381 e. The minimum absolute atomic E-state index is 0.194. The number of rotatable bonds is 0. The summed E-state index contributed by atoms with van der Waals surface area (Å²) in [6.45, 7) is 4.08. The van der Waals surface area contributed by atoms with Crippen molar-refractivity contribution in [2.45, 2.75) is 19.8 Å². The molecule has 0 spiro atoms. The predicted molar refractivity (Wildman–Crippen MR) is 67.8 cm³/mol. The quantitative estimate of drug-likeness (QED) is 0.626. The van der Waals surface area contributed by atoms with Crippen LogP contribution in [0.1, 0.15) is 18.4 Å². The van der Waals surface area contributed by atoms with E-state index in [-0.39, 0.29) is 5.34 Å². The fourth-order valence-electron chi connectivity index (χ4n) is 1.04. The molecule has 1 aromatic rings. The van der Waals surface area contributed by atoms with E-state index in [1.54, 1.807) is 0 Å². The Kier molecular flexibility index (Phi) is 11.6. The third kappa shape index (κ3) is 11.7. The molecular formula is C12H18Cl2O. The first-order chi connectivity index (χ1) is 7.31. The van der Waals surface area contributed by atoms with Crippen LogP contribution in [0.3, 0.4) is 0 Å². The first kappa shape index (κ1) is 14.8. The second-order valence-electron chi connectivity index (χ2n) is 3.08. The third-order valence-electron chi connectivity index (χ3n) is 1.77. The Hall–Kier alpha value is -0.240. The zero-order valence-corrected chi connectivity index (χ0v) is 10.6. The summed E-state index contributed by atoms with van der Waals surface area (Å²) in [4.78, 5) is 0. The smallest absolute Gasteiger partial charge is 0.0967 e. The molecule has 1 saturated heterocycles. The highest BCUT2D eigenvalue weighted by Crippen LogP contribution is 1.98. The lowest BCUT2D eigenvalue weighted by atomic mass is 10.2. The van der Waals surface area contributed by atoms with Crippen LogP contribution in [0.2, 0.25) is 0 Å². The summed E-state index contributed by atoms with van der Waals surface area (Å²) in [6, 6.07) is 10.3. The molecule has 86 valence electrons. The fourth-order valence-corrected chi connectivity index (χ4v) is 1.04. The summed E-state index contributed by atoms with van der Waals surface area (Å²) in [5.74, 6) is 0. The molecule has 0 unspecified atom stereocenters. The van der Waals surface area contributed by atoms with Crippen LogP contribution in [0.25, 0.3) is 0 Å². The molecular weight excluding hydrogens is 231 g/mol. The first-order valence-electron chi connectivity index (χ1n) is 5.02. The molecule has 1 aliphatic rings. The zero-order valence-electron chi connectivity index (χ0n) is 9.09. The number of alkyl halides is 2. The van der Waals surface area contributed by atoms with Gasteiger partial charge in [-0.15, -0.1) is 23.2 Å². The second-order valence-corrected chi connectivity index (χ2v) is 3.88. The van der Waals surface area contributed by atoms with E-state index in [0.717, 1.165) is 13.2 Å². The predicted octanol–water partition coefficient (Wildman–Crippen LogP) is 4.21. The van der Waals surface area contributed by atoms with E-state index in [2.05, 4.69) is 19.1 Å². The number of ether oxygens (including phenoxy) is 1. The molecule has 1 aliphatic heterocycles. The highest BCUT2D eigenvalue weighted by molar-refractivity contribution is 6.40. The summed E-state index contributed by atoms with van der Waals surface area (Å²) in [7, 11) is 0. The van der Waals surface area contributed by atoms with Crippen molar-refractivity contribution in [1.29, 1.82) is 0 Å². The standard InChI is InChI=1S/C7H8.C4H8O.CH2Cl2/c1-7-5-3-2-4-6-7;1-2-4-5-3-1;2-1-3/h2-6H,1H3;1-4H2;1H2. The Labute approximate surface area is 102 Å². The molecule has 1 nitrogen and oxygen atoms in total. The molecule has 1 aromatic carbocycles. The van der Waals surface area contributed by atoms with Crippen molar-refractivity contribution in [2.75, 3.05) is 18.6 Å². The van der Waals surface area contributed by atoms with Crippen molar-refractivity contribution < 1.29 is 4.74 Å². The van der Waals surface area contributed by atoms with Gasteiger partial charge in [-0.3, -0.25) is 0 Å². The van der Waals surface area contributed by atoms with Gasteiger partial charge in [0.05, 0.1) is 5.34 Å². The molecule has 15 heavy (non-hydrogen) atoms. The van der Waals surface area contributed by atoms with E-state index in [9.17, 15) is 0 Å². The summed E-state index contributed by atoms with van der Waals surface area (Å²) in [5, 5.41) is 0.194. The Morgan fingerprint density at radius 2 is 1.53 bits per heavy atom. The van der Waals surface area contributed by atoms with E-state index in [4.69, 9.17) is 27.9 Å². The van der Waals surface area contributed by atoms with Gasteiger partial charge in [0, 0.05) is 13.2 Å². The molecule has 0 aliphatic carbocycles. The maximum absolute atomic E-state index is 4.94. The van der Waals surface area contributed by atoms with Gasteiger partial charge in [0.1, 0.15) is 0 Å². The summed E-state index contributed by atoms with van der Waals surface area (Å²) >= 11 is 9.53. The van der Waals surface area contributed by atoms with Crippen LogP contribution in [0.4, 0.5) is 0 Å². The molecule has 1 heterocycles. The minimum atomic E-state index is 0.194. The lowest BCUT2D eigenvalue weighted by Gasteiger charge is -1.82. The average Bonchev–Trinajstić information content (AvgIpc) is 2.78. The van der Waals surface area contributed by atoms with Gasteiger partial charge in [0.15, 0.2) is 0 Å². The number of hydrogen-bond donors (Lipinski definition) is 0. The van der Waals surface area contributed by atoms with E-state index in [0.29, 0.717) is 0 Å². The van der Waals surface area contributed by atoms with E-state index >= 15 is 0 Å². The minimum Gasteiger partial charge on any atom is -0.381 e. The molecule has 0 aromatic heterocycles. The van der Waals surface area contributed by atoms with Crippen LogP contribution in [0.5, 0.6) is 0 Å². The Balaban J connectivity index is 0.000000216. The number of halogens is 2.